The maximum absolute atomic E-state index is 12.7. The van der Waals surface area contributed by atoms with Crippen molar-refractivity contribution in [3.63, 3.8) is 0 Å². The fourth-order valence-corrected chi connectivity index (χ4v) is 3.35. The molecule has 3 nitrogen and oxygen atoms in total. The van der Waals surface area contributed by atoms with Gasteiger partial charge in [0.1, 0.15) is 0 Å². The number of hydrogen-bond acceptors (Lipinski definition) is 2. The Morgan fingerprint density at radius 1 is 1.00 bits per heavy atom. The molecule has 3 rings (SSSR count). The van der Waals surface area contributed by atoms with Gasteiger partial charge in [-0.05, 0) is 59.6 Å². The molecule has 0 aliphatic carbocycles. The maximum Gasteiger partial charge on any atom is 0.253 e. The topological polar surface area (TPSA) is 33.2 Å². The number of benzene rings is 1. The third kappa shape index (κ3) is 3.66. The number of amides is 1. The van der Waals surface area contributed by atoms with Gasteiger partial charge in [-0.3, -0.25) is 9.78 Å². The van der Waals surface area contributed by atoms with Crippen LogP contribution in [0.3, 0.4) is 0 Å². The van der Waals surface area contributed by atoms with E-state index in [1.807, 2.05) is 29.4 Å². The zero-order chi connectivity index (χ0) is 17.2. The number of carbonyl (C=O) groups excluding carboxylic acids is 1. The van der Waals surface area contributed by atoms with Gasteiger partial charge in [-0.25, -0.2) is 0 Å². The molecule has 1 amide bonds. The molecule has 0 radical (unpaired) electrons. The Morgan fingerprint density at radius 2 is 1.58 bits per heavy atom. The third-order valence-corrected chi connectivity index (χ3v) is 4.96. The van der Waals surface area contributed by atoms with Crippen molar-refractivity contribution in [2.75, 3.05) is 13.1 Å². The smallest absolute Gasteiger partial charge is 0.253 e. The van der Waals surface area contributed by atoms with Crippen LogP contribution in [0.5, 0.6) is 0 Å². The minimum absolute atomic E-state index is 0.116. The minimum atomic E-state index is 0.116. The van der Waals surface area contributed by atoms with Crippen LogP contribution in [0.2, 0.25) is 0 Å². The number of carbonyl (C=O) groups is 1. The highest BCUT2D eigenvalue weighted by atomic mass is 16.2. The highest BCUT2D eigenvalue weighted by molar-refractivity contribution is 5.94. The van der Waals surface area contributed by atoms with Crippen LogP contribution >= 0.6 is 0 Å². The first-order valence-electron chi connectivity index (χ1n) is 8.75. The monoisotopic (exact) mass is 322 g/mol. The summed E-state index contributed by atoms with van der Waals surface area (Å²) in [6.45, 7) is 8.22. The molecule has 2 aromatic rings. The van der Waals surface area contributed by atoms with E-state index in [2.05, 4.69) is 50.0 Å². The summed E-state index contributed by atoms with van der Waals surface area (Å²) >= 11 is 0. The van der Waals surface area contributed by atoms with Gasteiger partial charge in [0.25, 0.3) is 5.91 Å². The average Bonchev–Trinajstić information content (AvgIpc) is 2.61. The molecule has 24 heavy (non-hydrogen) atoms. The number of piperidine rings is 1. The molecule has 0 atom stereocenters. The van der Waals surface area contributed by atoms with Gasteiger partial charge in [-0.2, -0.15) is 0 Å². The molecule has 0 saturated carbocycles. The van der Waals surface area contributed by atoms with E-state index in [1.165, 1.54) is 11.1 Å². The van der Waals surface area contributed by atoms with E-state index in [9.17, 15) is 4.79 Å². The standard InChI is InChI=1S/C21H26N2O/c1-21(2,3)19-6-4-18(5-7-19)20(24)23-14-10-17(11-15-23)16-8-12-22-13-9-16/h4-9,12-13,17H,10-11,14-15H2,1-3H3. The lowest BCUT2D eigenvalue weighted by Gasteiger charge is -2.32. The van der Waals surface area contributed by atoms with Crippen molar-refractivity contribution in [1.82, 2.24) is 9.88 Å². The zero-order valence-corrected chi connectivity index (χ0v) is 14.8. The molecule has 3 heteroatoms. The maximum atomic E-state index is 12.7. The first-order valence-corrected chi connectivity index (χ1v) is 8.75. The van der Waals surface area contributed by atoms with Crippen molar-refractivity contribution in [3.8, 4) is 0 Å². The number of aromatic nitrogens is 1. The lowest BCUT2D eigenvalue weighted by Crippen LogP contribution is -2.37. The molecule has 1 saturated heterocycles. The summed E-state index contributed by atoms with van der Waals surface area (Å²) in [5, 5.41) is 0. The fraction of sp³-hybridized carbons (Fsp3) is 0.429. The molecule has 1 aliphatic heterocycles. The van der Waals surface area contributed by atoms with Crippen LogP contribution in [0.25, 0.3) is 0 Å². The van der Waals surface area contributed by atoms with E-state index in [0.29, 0.717) is 5.92 Å². The minimum Gasteiger partial charge on any atom is -0.339 e. The van der Waals surface area contributed by atoms with Gasteiger partial charge >= 0.3 is 0 Å². The van der Waals surface area contributed by atoms with Crippen LogP contribution in [0.15, 0.2) is 48.8 Å². The van der Waals surface area contributed by atoms with E-state index >= 15 is 0 Å². The lowest BCUT2D eigenvalue weighted by atomic mass is 9.86. The lowest BCUT2D eigenvalue weighted by molar-refractivity contribution is 0.0713. The number of pyridine rings is 1. The van der Waals surface area contributed by atoms with E-state index < -0.39 is 0 Å². The Hall–Kier alpha value is -2.16. The highest BCUT2D eigenvalue weighted by Gasteiger charge is 2.24. The van der Waals surface area contributed by atoms with Gasteiger partial charge in [0, 0.05) is 31.0 Å². The van der Waals surface area contributed by atoms with Crippen molar-refractivity contribution in [2.45, 2.75) is 44.9 Å². The number of hydrogen-bond donors (Lipinski definition) is 0. The Bertz CT molecular complexity index is 678. The molecule has 0 N–H and O–H groups in total. The summed E-state index contributed by atoms with van der Waals surface area (Å²) in [7, 11) is 0. The van der Waals surface area contributed by atoms with E-state index in [0.717, 1.165) is 31.5 Å². The summed E-state index contributed by atoms with van der Waals surface area (Å²) in [5.41, 5.74) is 3.51. The second-order valence-corrected chi connectivity index (χ2v) is 7.67. The molecule has 1 aromatic heterocycles. The second-order valence-electron chi connectivity index (χ2n) is 7.67. The second kappa shape index (κ2) is 6.76. The Labute approximate surface area is 144 Å². The van der Waals surface area contributed by atoms with Crippen LogP contribution < -0.4 is 0 Å². The first kappa shape index (κ1) is 16.7. The fourth-order valence-electron chi connectivity index (χ4n) is 3.35. The van der Waals surface area contributed by atoms with Gasteiger partial charge in [0.2, 0.25) is 0 Å². The van der Waals surface area contributed by atoms with E-state index in [1.54, 1.807) is 0 Å². The van der Waals surface area contributed by atoms with Crippen molar-refractivity contribution in [3.05, 3.63) is 65.5 Å². The molecule has 1 aromatic carbocycles. The Kier molecular flexibility index (Phi) is 4.70. The molecular formula is C21H26N2O. The molecule has 0 unspecified atom stereocenters. The van der Waals surface area contributed by atoms with Crippen LogP contribution in [0.4, 0.5) is 0 Å². The molecule has 2 heterocycles. The summed E-state index contributed by atoms with van der Waals surface area (Å²) in [4.78, 5) is 18.8. The van der Waals surface area contributed by atoms with E-state index in [-0.39, 0.29) is 11.3 Å². The van der Waals surface area contributed by atoms with Crippen molar-refractivity contribution in [2.24, 2.45) is 0 Å². The zero-order valence-electron chi connectivity index (χ0n) is 14.8. The predicted octanol–water partition coefficient (Wildman–Crippen LogP) is 4.40. The van der Waals surface area contributed by atoms with Gasteiger partial charge in [0.15, 0.2) is 0 Å². The Morgan fingerprint density at radius 3 is 2.12 bits per heavy atom. The summed E-state index contributed by atoms with van der Waals surface area (Å²) < 4.78 is 0. The third-order valence-electron chi connectivity index (χ3n) is 4.96. The molecule has 126 valence electrons. The molecule has 0 bridgehead atoms. The summed E-state index contributed by atoms with van der Waals surface area (Å²) in [5.74, 6) is 0.698. The number of rotatable bonds is 2. The molecule has 0 spiro atoms. The van der Waals surface area contributed by atoms with Crippen LogP contribution in [0, 0.1) is 0 Å². The van der Waals surface area contributed by atoms with Crippen LogP contribution in [0.1, 0.15) is 61.0 Å². The largest absolute Gasteiger partial charge is 0.339 e. The molecular weight excluding hydrogens is 296 g/mol. The number of likely N-dealkylation sites (tertiary alicyclic amines) is 1. The summed E-state index contributed by atoms with van der Waals surface area (Å²) in [6.07, 6.45) is 5.75. The van der Waals surface area contributed by atoms with Gasteiger partial charge in [0.05, 0.1) is 0 Å². The van der Waals surface area contributed by atoms with Crippen LogP contribution in [-0.2, 0) is 5.41 Å². The van der Waals surface area contributed by atoms with Gasteiger partial charge in [-0.15, -0.1) is 0 Å². The van der Waals surface area contributed by atoms with Gasteiger partial charge in [-0.1, -0.05) is 32.9 Å². The molecule has 1 fully saturated rings. The quantitative estimate of drug-likeness (QED) is 0.821. The summed E-state index contributed by atoms with van der Waals surface area (Å²) in [6, 6.07) is 12.3. The molecule has 1 aliphatic rings. The van der Waals surface area contributed by atoms with Crippen LogP contribution in [-0.4, -0.2) is 28.9 Å². The average molecular weight is 322 g/mol. The highest BCUT2D eigenvalue weighted by Crippen LogP contribution is 2.28. The SMILES string of the molecule is CC(C)(C)c1ccc(C(=O)N2CCC(c3ccncc3)CC2)cc1. The normalized spacial score (nSPS) is 16.2. The van der Waals surface area contributed by atoms with E-state index in [4.69, 9.17) is 0 Å². The van der Waals surface area contributed by atoms with Crippen molar-refractivity contribution < 1.29 is 4.79 Å². The first-order chi connectivity index (χ1) is 11.4. The Balaban J connectivity index is 1.63. The van der Waals surface area contributed by atoms with Crippen molar-refractivity contribution in [1.29, 1.82) is 0 Å². The van der Waals surface area contributed by atoms with Gasteiger partial charge < -0.3 is 4.90 Å². The van der Waals surface area contributed by atoms with Crippen molar-refractivity contribution >= 4 is 5.91 Å². The predicted molar refractivity (Wildman–Crippen MR) is 97.3 cm³/mol. The number of nitrogens with zero attached hydrogens (tertiary/aromatic N) is 2.